The highest BCUT2D eigenvalue weighted by molar-refractivity contribution is 5.82. The molecule has 1 aromatic carbocycles. The summed E-state index contributed by atoms with van der Waals surface area (Å²) in [5, 5.41) is 0. The van der Waals surface area contributed by atoms with Gasteiger partial charge < -0.3 is 4.90 Å². The van der Waals surface area contributed by atoms with Crippen LogP contribution in [0, 0.1) is 5.92 Å². The molecule has 3 heteroatoms. The molecular formula is C17H26N2O. The first-order chi connectivity index (χ1) is 9.61. The SMILES string of the molecule is CCC(C)C(=O)CN1CCN(C)CC1c1ccccc1. The minimum absolute atomic E-state index is 0.172. The maximum absolute atomic E-state index is 12.2. The van der Waals surface area contributed by atoms with Gasteiger partial charge in [-0.2, -0.15) is 0 Å². The molecule has 1 saturated heterocycles. The van der Waals surface area contributed by atoms with Gasteiger partial charge >= 0.3 is 0 Å². The lowest BCUT2D eigenvalue weighted by Crippen LogP contribution is -2.48. The Kier molecular flexibility index (Phi) is 5.32. The lowest BCUT2D eigenvalue weighted by atomic mass is 9.99. The molecule has 2 unspecified atom stereocenters. The van der Waals surface area contributed by atoms with Crippen molar-refractivity contribution in [3.05, 3.63) is 35.9 Å². The van der Waals surface area contributed by atoms with Crippen molar-refractivity contribution in [1.82, 2.24) is 9.80 Å². The fourth-order valence-electron chi connectivity index (χ4n) is 2.72. The van der Waals surface area contributed by atoms with E-state index in [1.165, 1.54) is 5.56 Å². The Morgan fingerprint density at radius 3 is 2.65 bits per heavy atom. The molecule has 1 aliphatic rings. The summed E-state index contributed by atoms with van der Waals surface area (Å²) in [4.78, 5) is 16.9. The predicted molar refractivity (Wildman–Crippen MR) is 82.7 cm³/mol. The van der Waals surface area contributed by atoms with Crippen molar-refractivity contribution in [3.63, 3.8) is 0 Å². The van der Waals surface area contributed by atoms with E-state index in [2.05, 4.69) is 48.0 Å². The quantitative estimate of drug-likeness (QED) is 0.824. The van der Waals surface area contributed by atoms with Gasteiger partial charge in [-0.15, -0.1) is 0 Å². The lowest BCUT2D eigenvalue weighted by Gasteiger charge is -2.40. The van der Waals surface area contributed by atoms with E-state index in [0.717, 1.165) is 26.1 Å². The van der Waals surface area contributed by atoms with E-state index < -0.39 is 0 Å². The Balaban J connectivity index is 2.11. The molecule has 1 heterocycles. The molecule has 1 fully saturated rings. The zero-order valence-electron chi connectivity index (χ0n) is 12.9. The molecule has 0 spiro atoms. The number of hydrogen-bond donors (Lipinski definition) is 0. The standard InChI is InChI=1S/C17H26N2O/c1-4-14(2)17(20)13-19-11-10-18(3)12-16(19)15-8-6-5-7-9-15/h5-9,14,16H,4,10-13H2,1-3H3. The van der Waals surface area contributed by atoms with Crippen molar-refractivity contribution in [2.24, 2.45) is 5.92 Å². The van der Waals surface area contributed by atoms with Gasteiger partial charge in [0.05, 0.1) is 6.54 Å². The maximum Gasteiger partial charge on any atom is 0.149 e. The highest BCUT2D eigenvalue weighted by Crippen LogP contribution is 2.25. The maximum atomic E-state index is 12.2. The Bertz CT molecular complexity index is 432. The van der Waals surface area contributed by atoms with Gasteiger partial charge in [0.1, 0.15) is 5.78 Å². The normalized spacial score (nSPS) is 22.6. The van der Waals surface area contributed by atoms with Gasteiger partial charge in [-0.1, -0.05) is 44.2 Å². The molecule has 0 bridgehead atoms. The van der Waals surface area contributed by atoms with Crippen LogP contribution in [0.15, 0.2) is 30.3 Å². The van der Waals surface area contributed by atoms with Crippen LogP contribution in [0.25, 0.3) is 0 Å². The van der Waals surface area contributed by atoms with Gasteiger partial charge in [0, 0.05) is 31.6 Å². The zero-order valence-corrected chi connectivity index (χ0v) is 12.9. The minimum atomic E-state index is 0.172. The van der Waals surface area contributed by atoms with Crippen molar-refractivity contribution < 1.29 is 4.79 Å². The third-order valence-electron chi connectivity index (χ3n) is 4.40. The molecule has 2 atom stereocenters. The summed E-state index contributed by atoms with van der Waals surface area (Å²) in [6.07, 6.45) is 0.933. The van der Waals surface area contributed by atoms with Crippen LogP contribution in [0.1, 0.15) is 31.9 Å². The number of Topliss-reactive ketones (excluding diaryl/α,β-unsaturated/α-hetero) is 1. The van der Waals surface area contributed by atoms with Crippen LogP contribution < -0.4 is 0 Å². The van der Waals surface area contributed by atoms with Crippen molar-refractivity contribution in [2.45, 2.75) is 26.3 Å². The fraction of sp³-hybridized carbons (Fsp3) is 0.588. The first-order valence-corrected chi connectivity index (χ1v) is 7.62. The number of ketones is 1. The molecular weight excluding hydrogens is 248 g/mol. The number of rotatable bonds is 5. The molecule has 2 rings (SSSR count). The summed E-state index contributed by atoms with van der Waals surface area (Å²) in [5.74, 6) is 0.545. The van der Waals surface area contributed by atoms with Crippen LogP contribution in [-0.4, -0.2) is 48.8 Å². The van der Waals surface area contributed by atoms with Gasteiger partial charge in [-0.3, -0.25) is 9.69 Å². The summed E-state index contributed by atoms with van der Waals surface area (Å²) in [6, 6.07) is 10.9. The average molecular weight is 274 g/mol. The molecule has 20 heavy (non-hydrogen) atoms. The predicted octanol–water partition coefficient (Wildman–Crippen LogP) is 2.59. The number of carbonyl (C=O) groups excluding carboxylic acids is 1. The van der Waals surface area contributed by atoms with Crippen LogP contribution >= 0.6 is 0 Å². The summed E-state index contributed by atoms with van der Waals surface area (Å²) < 4.78 is 0. The van der Waals surface area contributed by atoms with Gasteiger partial charge in [0.15, 0.2) is 0 Å². The smallest absolute Gasteiger partial charge is 0.149 e. The molecule has 0 aromatic heterocycles. The lowest BCUT2D eigenvalue weighted by molar-refractivity contribution is -0.124. The van der Waals surface area contributed by atoms with Crippen molar-refractivity contribution in [3.8, 4) is 0 Å². The average Bonchev–Trinajstić information content (AvgIpc) is 2.49. The Hall–Kier alpha value is -1.19. The topological polar surface area (TPSA) is 23.6 Å². The summed E-state index contributed by atoms with van der Waals surface area (Å²) >= 11 is 0. The number of likely N-dealkylation sites (N-methyl/N-ethyl adjacent to an activating group) is 1. The second kappa shape index (κ2) is 7.00. The molecule has 0 radical (unpaired) electrons. The highest BCUT2D eigenvalue weighted by Gasteiger charge is 2.28. The molecule has 0 N–H and O–H groups in total. The first-order valence-electron chi connectivity index (χ1n) is 7.62. The highest BCUT2D eigenvalue weighted by atomic mass is 16.1. The monoisotopic (exact) mass is 274 g/mol. The zero-order chi connectivity index (χ0) is 14.5. The number of hydrogen-bond acceptors (Lipinski definition) is 3. The van der Waals surface area contributed by atoms with Crippen molar-refractivity contribution >= 4 is 5.78 Å². The molecule has 1 aromatic rings. The van der Waals surface area contributed by atoms with Crippen molar-refractivity contribution in [1.29, 1.82) is 0 Å². The molecule has 110 valence electrons. The van der Waals surface area contributed by atoms with Gasteiger partial charge in [0.2, 0.25) is 0 Å². The molecule has 0 saturated carbocycles. The van der Waals surface area contributed by atoms with E-state index in [-0.39, 0.29) is 5.92 Å². The summed E-state index contributed by atoms with van der Waals surface area (Å²) in [6.45, 7) is 7.71. The number of nitrogens with zero attached hydrogens (tertiary/aromatic N) is 2. The number of piperazine rings is 1. The second-order valence-corrected chi connectivity index (χ2v) is 5.93. The van der Waals surface area contributed by atoms with E-state index in [0.29, 0.717) is 18.4 Å². The van der Waals surface area contributed by atoms with Gasteiger partial charge in [-0.25, -0.2) is 0 Å². The summed E-state index contributed by atoms with van der Waals surface area (Å²) in [7, 11) is 2.16. The largest absolute Gasteiger partial charge is 0.303 e. The Morgan fingerprint density at radius 1 is 1.30 bits per heavy atom. The van der Waals surface area contributed by atoms with Crippen LogP contribution in [0.5, 0.6) is 0 Å². The van der Waals surface area contributed by atoms with Crippen molar-refractivity contribution in [2.75, 3.05) is 33.2 Å². The number of carbonyl (C=O) groups is 1. The second-order valence-electron chi connectivity index (χ2n) is 5.93. The van der Waals surface area contributed by atoms with Gasteiger partial charge in [0.25, 0.3) is 0 Å². The third kappa shape index (κ3) is 3.68. The molecule has 0 amide bonds. The van der Waals surface area contributed by atoms with E-state index in [9.17, 15) is 4.79 Å². The minimum Gasteiger partial charge on any atom is -0.303 e. The van der Waals surface area contributed by atoms with Gasteiger partial charge in [-0.05, 0) is 19.0 Å². The Labute approximate surface area is 122 Å². The van der Waals surface area contributed by atoms with E-state index in [1.54, 1.807) is 0 Å². The molecule has 0 aliphatic carbocycles. The van der Waals surface area contributed by atoms with E-state index in [1.807, 2.05) is 13.0 Å². The first kappa shape index (κ1) is 15.2. The molecule has 3 nitrogen and oxygen atoms in total. The third-order valence-corrected chi connectivity index (χ3v) is 4.40. The van der Waals surface area contributed by atoms with E-state index >= 15 is 0 Å². The van der Waals surface area contributed by atoms with Crippen LogP contribution in [0.2, 0.25) is 0 Å². The van der Waals surface area contributed by atoms with Crippen LogP contribution in [0.3, 0.4) is 0 Å². The molecule has 1 aliphatic heterocycles. The van der Waals surface area contributed by atoms with E-state index in [4.69, 9.17) is 0 Å². The summed E-state index contributed by atoms with van der Waals surface area (Å²) in [5.41, 5.74) is 1.32. The Morgan fingerprint density at radius 2 is 2.00 bits per heavy atom. The van der Waals surface area contributed by atoms with Crippen LogP contribution in [0.4, 0.5) is 0 Å². The van der Waals surface area contributed by atoms with Crippen LogP contribution in [-0.2, 0) is 4.79 Å². The fourth-order valence-corrected chi connectivity index (χ4v) is 2.72. The number of benzene rings is 1.